The van der Waals surface area contributed by atoms with Crippen LogP contribution >= 0.6 is 15.9 Å². The lowest BCUT2D eigenvalue weighted by Crippen LogP contribution is -2.40. The zero-order chi connectivity index (χ0) is 18.9. The Morgan fingerprint density at radius 3 is 2.26 bits per heavy atom. The van der Waals surface area contributed by atoms with E-state index < -0.39 is 0 Å². The van der Waals surface area contributed by atoms with Crippen molar-refractivity contribution in [2.45, 2.75) is 6.42 Å². The maximum absolute atomic E-state index is 12.9. The number of hydrazone groups is 1. The summed E-state index contributed by atoms with van der Waals surface area (Å²) in [5.74, 6) is 1.92. The van der Waals surface area contributed by atoms with Crippen molar-refractivity contribution in [3.8, 4) is 11.5 Å². The number of allylic oxidation sites excluding steroid dienone is 2. The molecule has 0 N–H and O–H groups in total. The molecular weight excluding hydrogens is 412 g/mol. The third-order valence-electron chi connectivity index (χ3n) is 6.42. The molecule has 1 heterocycles. The smallest absolute Gasteiger partial charge is 0.254 e. The van der Waals surface area contributed by atoms with Crippen LogP contribution in [0, 0.1) is 35.5 Å². The quantitative estimate of drug-likeness (QED) is 0.418. The molecule has 7 heteroatoms. The van der Waals surface area contributed by atoms with Gasteiger partial charge in [-0.1, -0.05) is 12.2 Å². The van der Waals surface area contributed by atoms with Gasteiger partial charge in [0.25, 0.3) is 11.8 Å². The number of halogens is 1. The van der Waals surface area contributed by atoms with E-state index in [1.54, 1.807) is 20.3 Å². The van der Waals surface area contributed by atoms with Crippen LogP contribution in [-0.2, 0) is 9.59 Å². The second-order valence-corrected chi connectivity index (χ2v) is 8.48. The molecule has 2 saturated carbocycles. The first-order valence-electron chi connectivity index (χ1n) is 9.06. The minimum absolute atomic E-state index is 0.162. The van der Waals surface area contributed by atoms with E-state index >= 15 is 0 Å². The molecule has 140 valence electrons. The van der Waals surface area contributed by atoms with Gasteiger partial charge in [-0.15, -0.1) is 0 Å². The predicted molar refractivity (Wildman–Crippen MR) is 101 cm³/mol. The summed E-state index contributed by atoms with van der Waals surface area (Å²) in [5.41, 5.74) is 0.707. The van der Waals surface area contributed by atoms with Crippen molar-refractivity contribution in [1.29, 1.82) is 0 Å². The van der Waals surface area contributed by atoms with Crippen molar-refractivity contribution in [2.75, 3.05) is 14.2 Å². The molecule has 1 aliphatic heterocycles. The van der Waals surface area contributed by atoms with E-state index in [2.05, 4.69) is 33.2 Å². The van der Waals surface area contributed by atoms with Gasteiger partial charge in [0.1, 0.15) is 0 Å². The van der Waals surface area contributed by atoms with Gasteiger partial charge in [-0.3, -0.25) is 9.59 Å². The first-order chi connectivity index (χ1) is 13.0. The third kappa shape index (κ3) is 2.33. The molecule has 6 atom stereocenters. The summed E-state index contributed by atoms with van der Waals surface area (Å²) in [6.45, 7) is 0. The second-order valence-electron chi connectivity index (χ2n) is 7.63. The molecule has 4 aliphatic carbocycles. The number of carbonyl (C=O) groups excluding carboxylic acids is 2. The normalized spacial score (nSPS) is 35.6. The molecule has 27 heavy (non-hydrogen) atoms. The summed E-state index contributed by atoms with van der Waals surface area (Å²) in [5, 5.41) is 5.33. The van der Waals surface area contributed by atoms with Crippen molar-refractivity contribution in [3.05, 3.63) is 34.3 Å². The van der Waals surface area contributed by atoms with Crippen LogP contribution in [0.25, 0.3) is 0 Å². The summed E-state index contributed by atoms with van der Waals surface area (Å²) >= 11 is 3.44. The van der Waals surface area contributed by atoms with Gasteiger partial charge in [-0.25, -0.2) is 0 Å². The van der Waals surface area contributed by atoms with Crippen LogP contribution in [0.3, 0.4) is 0 Å². The van der Waals surface area contributed by atoms with Crippen LogP contribution in [0.15, 0.2) is 33.9 Å². The van der Waals surface area contributed by atoms with Crippen molar-refractivity contribution in [1.82, 2.24) is 5.01 Å². The molecule has 5 aliphatic rings. The largest absolute Gasteiger partial charge is 0.493 e. The van der Waals surface area contributed by atoms with Crippen molar-refractivity contribution in [3.63, 3.8) is 0 Å². The summed E-state index contributed by atoms with van der Waals surface area (Å²) in [4.78, 5) is 25.8. The monoisotopic (exact) mass is 430 g/mol. The number of benzene rings is 1. The number of methoxy groups -OCH3 is 2. The molecule has 6 nitrogen and oxygen atoms in total. The number of imide groups is 1. The SMILES string of the molecule is COc1cc(C=NN2C(=O)C3C4C=CC(C5CC45)C3C2=O)cc(Br)c1OC. The standard InChI is InChI=1S/C20H19BrN2O4/c1-26-15-6-9(5-14(21)18(15)27-2)8-22-23-19(24)16-10-3-4-11(13-7-12(10)13)17(16)20(23)25/h3-6,8,10-13,16-17H,7H2,1-2H3. The van der Waals surface area contributed by atoms with Crippen molar-refractivity contribution >= 4 is 34.0 Å². The van der Waals surface area contributed by atoms with Gasteiger partial charge in [-0.2, -0.15) is 10.1 Å². The molecule has 0 aromatic heterocycles. The van der Waals surface area contributed by atoms with Crippen LogP contribution in [0.4, 0.5) is 0 Å². The van der Waals surface area contributed by atoms with Gasteiger partial charge in [0.2, 0.25) is 0 Å². The number of rotatable bonds is 4. The van der Waals surface area contributed by atoms with Crippen LogP contribution in [-0.4, -0.2) is 37.3 Å². The van der Waals surface area contributed by atoms with E-state index in [-0.39, 0.29) is 35.5 Å². The fourth-order valence-corrected chi connectivity index (χ4v) is 5.81. The molecule has 6 rings (SSSR count). The van der Waals surface area contributed by atoms with Gasteiger partial charge < -0.3 is 9.47 Å². The van der Waals surface area contributed by atoms with E-state index in [9.17, 15) is 9.59 Å². The maximum Gasteiger partial charge on any atom is 0.254 e. The highest BCUT2D eigenvalue weighted by Crippen LogP contribution is 2.65. The Balaban J connectivity index is 1.43. The zero-order valence-corrected chi connectivity index (χ0v) is 16.5. The highest BCUT2D eigenvalue weighted by atomic mass is 79.9. The Morgan fingerprint density at radius 2 is 1.70 bits per heavy atom. The third-order valence-corrected chi connectivity index (χ3v) is 7.01. The van der Waals surface area contributed by atoms with Gasteiger partial charge in [0.05, 0.1) is 36.7 Å². The van der Waals surface area contributed by atoms with Crippen LogP contribution in [0.1, 0.15) is 12.0 Å². The summed E-state index contributed by atoms with van der Waals surface area (Å²) < 4.78 is 11.3. The summed E-state index contributed by atoms with van der Waals surface area (Å²) in [6.07, 6.45) is 6.99. The number of nitrogens with zero attached hydrogens (tertiary/aromatic N) is 2. The average Bonchev–Trinajstić information content (AvgIpc) is 3.45. The Kier molecular flexibility index (Phi) is 3.73. The average molecular weight is 431 g/mol. The number of ether oxygens (including phenoxy) is 2. The fourth-order valence-electron chi connectivity index (χ4n) is 5.19. The first kappa shape index (κ1) is 17.0. The maximum atomic E-state index is 12.9. The van der Waals surface area contributed by atoms with Crippen molar-refractivity contribution in [2.24, 2.45) is 40.6 Å². The van der Waals surface area contributed by atoms with Gasteiger partial charge in [-0.05, 0) is 63.7 Å². The lowest BCUT2D eigenvalue weighted by molar-refractivity contribution is -0.140. The minimum Gasteiger partial charge on any atom is -0.493 e. The molecule has 1 aromatic carbocycles. The second kappa shape index (κ2) is 5.92. The minimum atomic E-state index is -0.231. The zero-order valence-electron chi connectivity index (χ0n) is 15.0. The highest BCUT2D eigenvalue weighted by molar-refractivity contribution is 9.10. The Hall–Kier alpha value is -2.15. The topological polar surface area (TPSA) is 68.2 Å². The van der Waals surface area contributed by atoms with Gasteiger partial charge in [0, 0.05) is 0 Å². The van der Waals surface area contributed by atoms with Gasteiger partial charge in [0.15, 0.2) is 11.5 Å². The molecule has 2 amide bonds. The lowest BCUT2D eigenvalue weighted by atomic mass is 9.63. The van der Waals surface area contributed by atoms with Gasteiger partial charge >= 0.3 is 0 Å². The Labute approximate surface area is 165 Å². The lowest BCUT2D eigenvalue weighted by Gasteiger charge is -2.37. The van der Waals surface area contributed by atoms with E-state index in [1.807, 2.05) is 6.07 Å². The van der Waals surface area contributed by atoms with Crippen LogP contribution < -0.4 is 9.47 Å². The fraction of sp³-hybridized carbons (Fsp3) is 0.450. The van der Waals surface area contributed by atoms with E-state index in [0.29, 0.717) is 33.4 Å². The summed E-state index contributed by atoms with van der Waals surface area (Å²) in [6, 6.07) is 3.56. The highest BCUT2D eigenvalue weighted by Gasteiger charge is 2.67. The van der Waals surface area contributed by atoms with E-state index in [1.165, 1.54) is 6.21 Å². The number of hydrogen-bond acceptors (Lipinski definition) is 5. The number of hydrogen-bond donors (Lipinski definition) is 0. The molecule has 0 spiro atoms. The van der Waals surface area contributed by atoms with E-state index in [4.69, 9.17) is 9.47 Å². The summed E-state index contributed by atoms with van der Waals surface area (Å²) in [7, 11) is 3.12. The molecule has 2 bridgehead atoms. The molecule has 0 radical (unpaired) electrons. The number of carbonyl (C=O) groups is 2. The first-order valence-corrected chi connectivity index (χ1v) is 9.86. The molecular formula is C20H19BrN2O4. The van der Waals surface area contributed by atoms with Crippen molar-refractivity contribution < 1.29 is 19.1 Å². The number of amides is 2. The Morgan fingerprint density at radius 1 is 1.07 bits per heavy atom. The molecule has 1 saturated heterocycles. The molecule has 6 unspecified atom stereocenters. The Bertz CT molecular complexity index is 875. The van der Waals surface area contributed by atoms with E-state index in [0.717, 1.165) is 11.4 Å². The van der Waals surface area contributed by atoms with Crippen LogP contribution in [0.5, 0.6) is 11.5 Å². The molecule has 3 fully saturated rings. The molecule has 1 aromatic rings. The van der Waals surface area contributed by atoms with Crippen LogP contribution in [0.2, 0.25) is 0 Å². The predicted octanol–water partition coefficient (Wildman–Crippen LogP) is 2.85.